The summed E-state index contributed by atoms with van der Waals surface area (Å²) in [4.78, 5) is 17.0. The first kappa shape index (κ1) is 21.0. The van der Waals surface area contributed by atoms with Gasteiger partial charge in [0.25, 0.3) is 5.91 Å². The average Bonchev–Trinajstić information content (AvgIpc) is 3.14. The molecule has 31 heavy (non-hydrogen) atoms. The van der Waals surface area contributed by atoms with Crippen molar-refractivity contribution in [3.63, 3.8) is 0 Å². The molecule has 0 radical (unpaired) electrons. The van der Waals surface area contributed by atoms with Gasteiger partial charge in [-0.05, 0) is 64.8 Å². The van der Waals surface area contributed by atoms with Crippen LogP contribution in [0.5, 0.6) is 0 Å². The third-order valence-electron chi connectivity index (χ3n) is 4.90. The van der Waals surface area contributed by atoms with Crippen LogP contribution in [-0.2, 0) is 13.2 Å². The molecule has 9 heteroatoms. The summed E-state index contributed by atoms with van der Waals surface area (Å²) in [5.41, 5.74) is 3.00. The molecule has 0 aliphatic rings. The summed E-state index contributed by atoms with van der Waals surface area (Å²) >= 11 is 3.21. The zero-order valence-electron chi connectivity index (χ0n) is 16.5. The smallest absolute Gasteiger partial charge is 0.320 e. The first-order valence-corrected chi connectivity index (χ1v) is 10.0. The summed E-state index contributed by atoms with van der Waals surface area (Å²) in [6, 6.07) is 12.5. The van der Waals surface area contributed by atoms with Crippen molar-refractivity contribution in [2.45, 2.75) is 13.1 Å². The van der Waals surface area contributed by atoms with Gasteiger partial charge in [0.2, 0.25) is 0 Å². The van der Waals surface area contributed by atoms with Gasteiger partial charge in [-0.1, -0.05) is 12.1 Å². The lowest BCUT2D eigenvalue weighted by Gasteiger charge is -2.12. The molecule has 0 saturated carbocycles. The van der Waals surface area contributed by atoms with Crippen LogP contribution in [-0.4, -0.2) is 20.7 Å². The predicted octanol–water partition coefficient (Wildman–Crippen LogP) is 5.98. The van der Waals surface area contributed by atoms with Crippen LogP contribution in [0.25, 0.3) is 22.2 Å². The molecule has 0 fully saturated rings. The quantitative estimate of drug-likeness (QED) is 0.386. The standard InChI is InChI=1S/C22H16BrF3N4O/c1-12-9-13(3-5-17(12)29-21(31)19-7-8-27-30(19)2)18-6-4-14-10-15(22(24,25)26)11-16(23)20(14)28-18/h3-11H,1-2H3,(H,29,31). The Morgan fingerprint density at radius 1 is 1.10 bits per heavy atom. The van der Waals surface area contributed by atoms with Gasteiger partial charge in [0, 0.05) is 34.4 Å². The summed E-state index contributed by atoms with van der Waals surface area (Å²) in [6.07, 6.45) is -2.88. The molecule has 2 aromatic carbocycles. The van der Waals surface area contributed by atoms with Crippen LogP contribution in [0, 0.1) is 6.92 Å². The number of aryl methyl sites for hydroxylation is 2. The maximum absolute atomic E-state index is 13.0. The molecule has 0 spiro atoms. The lowest BCUT2D eigenvalue weighted by atomic mass is 10.0. The number of carbonyl (C=O) groups is 1. The average molecular weight is 489 g/mol. The molecular weight excluding hydrogens is 473 g/mol. The Morgan fingerprint density at radius 2 is 1.87 bits per heavy atom. The number of rotatable bonds is 3. The summed E-state index contributed by atoms with van der Waals surface area (Å²) < 4.78 is 40.9. The number of hydrogen-bond acceptors (Lipinski definition) is 3. The number of alkyl halides is 3. The lowest BCUT2D eigenvalue weighted by Crippen LogP contribution is -2.16. The van der Waals surface area contributed by atoms with Crippen molar-refractivity contribution in [3.05, 3.63) is 76.0 Å². The minimum Gasteiger partial charge on any atom is -0.320 e. The SMILES string of the molecule is Cc1cc(-c2ccc3cc(C(F)(F)F)cc(Br)c3n2)ccc1NC(=O)c1ccnn1C. The van der Waals surface area contributed by atoms with Crippen LogP contribution in [0.15, 0.2) is 59.2 Å². The minimum absolute atomic E-state index is 0.274. The molecule has 0 aliphatic heterocycles. The van der Waals surface area contributed by atoms with E-state index >= 15 is 0 Å². The van der Waals surface area contributed by atoms with Gasteiger partial charge in [-0.25, -0.2) is 4.98 Å². The number of amides is 1. The second kappa shape index (κ2) is 7.81. The third kappa shape index (κ3) is 4.18. The highest BCUT2D eigenvalue weighted by Crippen LogP contribution is 2.35. The van der Waals surface area contributed by atoms with Crippen molar-refractivity contribution >= 4 is 38.4 Å². The number of hydrogen-bond donors (Lipinski definition) is 1. The monoisotopic (exact) mass is 488 g/mol. The molecule has 5 nitrogen and oxygen atoms in total. The van der Waals surface area contributed by atoms with E-state index in [1.807, 2.05) is 13.0 Å². The number of benzene rings is 2. The van der Waals surface area contributed by atoms with Crippen LogP contribution in [0.2, 0.25) is 0 Å². The zero-order valence-corrected chi connectivity index (χ0v) is 18.0. The van der Waals surface area contributed by atoms with Crippen LogP contribution in [0.1, 0.15) is 21.6 Å². The Hall–Kier alpha value is -3.20. The fourth-order valence-electron chi connectivity index (χ4n) is 3.26. The Bertz CT molecular complexity index is 1310. The van der Waals surface area contributed by atoms with E-state index in [4.69, 9.17) is 0 Å². The van der Waals surface area contributed by atoms with Gasteiger partial charge in [-0.3, -0.25) is 9.48 Å². The van der Waals surface area contributed by atoms with Crippen LogP contribution < -0.4 is 5.32 Å². The number of pyridine rings is 1. The van der Waals surface area contributed by atoms with Crippen molar-refractivity contribution in [1.29, 1.82) is 0 Å². The minimum atomic E-state index is -4.43. The van der Waals surface area contributed by atoms with E-state index in [-0.39, 0.29) is 10.4 Å². The van der Waals surface area contributed by atoms with Crippen LogP contribution in [0.4, 0.5) is 18.9 Å². The number of nitrogens with zero attached hydrogens (tertiary/aromatic N) is 3. The van der Waals surface area contributed by atoms with Gasteiger partial charge in [0.1, 0.15) is 5.69 Å². The first-order valence-electron chi connectivity index (χ1n) is 9.21. The molecule has 0 saturated heterocycles. The molecule has 1 amide bonds. The molecule has 0 atom stereocenters. The molecular formula is C22H16BrF3N4O. The second-order valence-corrected chi connectivity index (χ2v) is 7.90. The van der Waals surface area contributed by atoms with Gasteiger partial charge in [0.15, 0.2) is 0 Å². The van der Waals surface area contributed by atoms with Crippen molar-refractivity contribution in [2.24, 2.45) is 7.05 Å². The number of anilines is 1. The topological polar surface area (TPSA) is 59.8 Å². The van der Waals surface area contributed by atoms with Gasteiger partial charge < -0.3 is 5.32 Å². The Morgan fingerprint density at radius 3 is 2.52 bits per heavy atom. The van der Waals surface area contributed by atoms with Gasteiger partial charge in [-0.15, -0.1) is 0 Å². The fraction of sp³-hybridized carbons (Fsp3) is 0.136. The highest BCUT2D eigenvalue weighted by molar-refractivity contribution is 9.10. The maximum atomic E-state index is 13.0. The van der Waals surface area contributed by atoms with E-state index in [2.05, 4.69) is 31.3 Å². The molecule has 4 rings (SSSR count). The zero-order chi connectivity index (χ0) is 22.3. The predicted molar refractivity (Wildman–Crippen MR) is 116 cm³/mol. The van der Waals surface area contributed by atoms with Crippen LogP contribution >= 0.6 is 15.9 Å². The molecule has 2 aromatic heterocycles. The number of aromatic nitrogens is 3. The van der Waals surface area contributed by atoms with Crippen LogP contribution in [0.3, 0.4) is 0 Å². The first-order chi connectivity index (χ1) is 14.6. The normalized spacial score (nSPS) is 11.7. The molecule has 158 valence electrons. The summed E-state index contributed by atoms with van der Waals surface area (Å²) in [5, 5.41) is 7.24. The van der Waals surface area contributed by atoms with E-state index < -0.39 is 11.7 Å². The van der Waals surface area contributed by atoms with Gasteiger partial charge in [0.05, 0.1) is 16.8 Å². The molecule has 2 heterocycles. The Labute approximate surface area is 184 Å². The van der Waals surface area contributed by atoms with E-state index in [0.29, 0.717) is 28.0 Å². The van der Waals surface area contributed by atoms with Crippen molar-refractivity contribution < 1.29 is 18.0 Å². The summed E-state index contributed by atoms with van der Waals surface area (Å²) in [5.74, 6) is -0.274. The maximum Gasteiger partial charge on any atom is 0.416 e. The number of carbonyl (C=O) groups excluding carboxylic acids is 1. The van der Waals surface area contributed by atoms with E-state index in [1.165, 1.54) is 4.68 Å². The molecule has 0 unspecified atom stereocenters. The van der Waals surface area contributed by atoms with Crippen molar-refractivity contribution in [1.82, 2.24) is 14.8 Å². The number of halogens is 4. The third-order valence-corrected chi connectivity index (χ3v) is 5.50. The highest BCUT2D eigenvalue weighted by Gasteiger charge is 2.31. The van der Waals surface area contributed by atoms with Crippen molar-refractivity contribution in [2.75, 3.05) is 5.32 Å². The van der Waals surface area contributed by atoms with Gasteiger partial charge in [-0.2, -0.15) is 18.3 Å². The summed E-state index contributed by atoms with van der Waals surface area (Å²) in [7, 11) is 1.69. The Kier molecular flexibility index (Phi) is 5.30. The number of nitrogens with one attached hydrogen (secondary N) is 1. The second-order valence-electron chi connectivity index (χ2n) is 7.05. The highest BCUT2D eigenvalue weighted by atomic mass is 79.9. The molecule has 0 aliphatic carbocycles. The van der Waals surface area contributed by atoms with E-state index in [1.54, 1.807) is 43.6 Å². The molecule has 1 N–H and O–H groups in total. The molecule has 0 bridgehead atoms. The lowest BCUT2D eigenvalue weighted by molar-refractivity contribution is -0.137. The summed E-state index contributed by atoms with van der Waals surface area (Å²) in [6.45, 7) is 1.86. The largest absolute Gasteiger partial charge is 0.416 e. The molecule has 4 aromatic rings. The number of fused-ring (bicyclic) bond motifs is 1. The van der Waals surface area contributed by atoms with Crippen molar-refractivity contribution in [3.8, 4) is 11.3 Å². The Balaban J connectivity index is 1.65. The fourth-order valence-corrected chi connectivity index (χ4v) is 3.83. The van der Waals surface area contributed by atoms with E-state index in [0.717, 1.165) is 23.3 Å². The van der Waals surface area contributed by atoms with E-state index in [9.17, 15) is 18.0 Å². The van der Waals surface area contributed by atoms with Gasteiger partial charge >= 0.3 is 6.18 Å².